The molecule has 1 atom stereocenters. The summed E-state index contributed by atoms with van der Waals surface area (Å²) < 4.78 is 0. The summed E-state index contributed by atoms with van der Waals surface area (Å²) in [6, 6.07) is -0.557. The standard InChI is InChI=1S/C12H28N4O/c1-2-3-5-8-12(15,16)11(17)10(14)7-4-6-9-13/h10H,2-9,13-16H2,1H3. The van der Waals surface area contributed by atoms with E-state index >= 15 is 0 Å². The molecule has 0 aromatic heterocycles. The predicted octanol–water partition coefficient (Wildman–Crippen LogP) is 0.206. The van der Waals surface area contributed by atoms with Crippen molar-refractivity contribution in [2.45, 2.75) is 63.6 Å². The van der Waals surface area contributed by atoms with Gasteiger partial charge >= 0.3 is 0 Å². The molecule has 0 amide bonds. The highest BCUT2D eigenvalue weighted by Crippen LogP contribution is 2.12. The molecule has 102 valence electrons. The maximum absolute atomic E-state index is 11.9. The number of Topliss-reactive ketones (excluding diaryl/α,β-unsaturated/α-hetero) is 1. The van der Waals surface area contributed by atoms with Crippen LogP contribution in [0, 0.1) is 0 Å². The monoisotopic (exact) mass is 244 g/mol. The topological polar surface area (TPSA) is 121 Å². The zero-order valence-corrected chi connectivity index (χ0v) is 11.0. The van der Waals surface area contributed by atoms with Gasteiger partial charge in [0.1, 0.15) is 5.66 Å². The van der Waals surface area contributed by atoms with Crippen LogP contribution in [0.2, 0.25) is 0 Å². The average Bonchev–Trinajstić information content (AvgIpc) is 2.28. The minimum Gasteiger partial charge on any atom is -0.330 e. The van der Waals surface area contributed by atoms with E-state index in [0.29, 0.717) is 19.4 Å². The first-order chi connectivity index (χ1) is 7.95. The lowest BCUT2D eigenvalue weighted by Crippen LogP contribution is -2.61. The molecule has 0 fully saturated rings. The summed E-state index contributed by atoms with van der Waals surface area (Å²) in [4.78, 5) is 11.9. The Kier molecular flexibility index (Phi) is 8.33. The van der Waals surface area contributed by atoms with E-state index in [1.807, 2.05) is 0 Å². The van der Waals surface area contributed by atoms with E-state index in [2.05, 4.69) is 6.92 Å². The molecule has 0 aliphatic heterocycles. The molecule has 0 aromatic rings. The lowest BCUT2D eigenvalue weighted by molar-refractivity contribution is -0.125. The number of hydrogen-bond donors (Lipinski definition) is 4. The zero-order chi connectivity index (χ0) is 13.3. The van der Waals surface area contributed by atoms with Crippen molar-refractivity contribution >= 4 is 5.78 Å². The van der Waals surface area contributed by atoms with Crippen LogP contribution >= 0.6 is 0 Å². The molecule has 0 bridgehead atoms. The van der Waals surface area contributed by atoms with Crippen LogP contribution in [-0.2, 0) is 4.79 Å². The van der Waals surface area contributed by atoms with Gasteiger partial charge in [0.2, 0.25) is 0 Å². The second-order valence-corrected chi connectivity index (χ2v) is 4.75. The summed E-state index contributed by atoms with van der Waals surface area (Å²) in [7, 11) is 0. The van der Waals surface area contributed by atoms with E-state index in [1.165, 1.54) is 0 Å². The second-order valence-electron chi connectivity index (χ2n) is 4.75. The molecule has 0 rings (SSSR count). The SMILES string of the molecule is CCCCCC(N)(N)C(=O)C(N)CCCCN. The van der Waals surface area contributed by atoms with Gasteiger partial charge in [-0.15, -0.1) is 0 Å². The van der Waals surface area contributed by atoms with E-state index in [1.54, 1.807) is 0 Å². The molecule has 0 aliphatic rings. The number of unbranched alkanes of at least 4 members (excludes halogenated alkanes) is 3. The van der Waals surface area contributed by atoms with Crippen LogP contribution in [0.1, 0.15) is 51.9 Å². The fourth-order valence-corrected chi connectivity index (χ4v) is 1.78. The van der Waals surface area contributed by atoms with Crippen molar-refractivity contribution in [2.75, 3.05) is 6.54 Å². The second kappa shape index (κ2) is 8.58. The fourth-order valence-electron chi connectivity index (χ4n) is 1.78. The summed E-state index contributed by atoms with van der Waals surface area (Å²) in [6.45, 7) is 2.71. The maximum atomic E-state index is 11.9. The number of carbonyl (C=O) groups is 1. The van der Waals surface area contributed by atoms with Gasteiger partial charge in [0.25, 0.3) is 0 Å². The van der Waals surface area contributed by atoms with Gasteiger partial charge in [-0.05, 0) is 32.2 Å². The van der Waals surface area contributed by atoms with Crippen LogP contribution in [0.4, 0.5) is 0 Å². The molecule has 5 nitrogen and oxygen atoms in total. The maximum Gasteiger partial charge on any atom is 0.183 e. The summed E-state index contributed by atoms with van der Waals surface area (Å²) >= 11 is 0. The van der Waals surface area contributed by atoms with Crippen LogP contribution in [0.25, 0.3) is 0 Å². The van der Waals surface area contributed by atoms with Crippen LogP contribution in [0.5, 0.6) is 0 Å². The van der Waals surface area contributed by atoms with E-state index in [4.69, 9.17) is 22.9 Å². The van der Waals surface area contributed by atoms with Gasteiger partial charge < -0.3 is 22.9 Å². The minimum atomic E-state index is -1.27. The Labute approximate surface area is 104 Å². The Morgan fingerprint density at radius 3 is 2.35 bits per heavy atom. The Balaban J connectivity index is 4.06. The lowest BCUT2D eigenvalue weighted by atomic mass is 9.92. The lowest BCUT2D eigenvalue weighted by Gasteiger charge is -2.26. The largest absolute Gasteiger partial charge is 0.330 e. The molecule has 0 saturated carbocycles. The van der Waals surface area contributed by atoms with Gasteiger partial charge in [0, 0.05) is 0 Å². The van der Waals surface area contributed by atoms with E-state index in [0.717, 1.165) is 32.1 Å². The Morgan fingerprint density at radius 2 is 1.82 bits per heavy atom. The third kappa shape index (κ3) is 6.73. The number of carbonyl (C=O) groups excluding carboxylic acids is 1. The van der Waals surface area contributed by atoms with Crippen molar-refractivity contribution in [1.29, 1.82) is 0 Å². The third-order valence-corrected chi connectivity index (χ3v) is 2.96. The number of ketones is 1. The molecular formula is C12H28N4O. The van der Waals surface area contributed by atoms with Crippen molar-refractivity contribution in [2.24, 2.45) is 22.9 Å². The normalized spacial score (nSPS) is 13.7. The smallest absolute Gasteiger partial charge is 0.183 e. The Bertz CT molecular complexity index is 219. The third-order valence-electron chi connectivity index (χ3n) is 2.96. The molecule has 5 heteroatoms. The molecule has 0 aliphatic carbocycles. The van der Waals surface area contributed by atoms with Crippen LogP contribution < -0.4 is 22.9 Å². The first-order valence-electron chi connectivity index (χ1n) is 6.53. The first kappa shape index (κ1) is 16.5. The summed E-state index contributed by atoms with van der Waals surface area (Å²) in [6.07, 6.45) is 5.81. The highest BCUT2D eigenvalue weighted by atomic mass is 16.1. The zero-order valence-electron chi connectivity index (χ0n) is 11.0. The highest BCUT2D eigenvalue weighted by molar-refractivity contribution is 5.91. The van der Waals surface area contributed by atoms with Gasteiger partial charge in [0.15, 0.2) is 5.78 Å². The predicted molar refractivity (Wildman–Crippen MR) is 71.1 cm³/mol. The Hall–Kier alpha value is -0.490. The van der Waals surface area contributed by atoms with Crippen LogP contribution in [0.15, 0.2) is 0 Å². The summed E-state index contributed by atoms with van der Waals surface area (Å²) in [5, 5.41) is 0. The van der Waals surface area contributed by atoms with Crippen molar-refractivity contribution in [3.63, 3.8) is 0 Å². The molecular weight excluding hydrogens is 216 g/mol. The van der Waals surface area contributed by atoms with Crippen molar-refractivity contribution in [1.82, 2.24) is 0 Å². The molecule has 0 radical (unpaired) electrons. The number of nitrogens with two attached hydrogens (primary N) is 4. The van der Waals surface area contributed by atoms with E-state index < -0.39 is 11.7 Å². The Morgan fingerprint density at radius 1 is 1.18 bits per heavy atom. The molecule has 17 heavy (non-hydrogen) atoms. The molecule has 1 unspecified atom stereocenters. The van der Waals surface area contributed by atoms with Crippen molar-refractivity contribution in [3.05, 3.63) is 0 Å². The molecule has 8 N–H and O–H groups in total. The molecule has 0 heterocycles. The summed E-state index contributed by atoms with van der Waals surface area (Å²) in [5.41, 5.74) is 21.6. The number of hydrogen-bond acceptors (Lipinski definition) is 5. The van der Waals surface area contributed by atoms with Crippen molar-refractivity contribution in [3.8, 4) is 0 Å². The van der Waals surface area contributed by atoms with Gasteiger partial charge in [-0.25, -0.2) is 0 Å². The van der Waals surface area contributed by atoms with E-state index in [-0.39, 0.29) is 5.78 Å². The first-order valence-corrected chi connectivity index (χ1v) is 6.53. The van der Waals surface area contributed by atoms with Crippen LogP contribution in [0.3, 0.4) is 0 Å². The van der Waals surface area contributed by atoms with Crippen LogP contribution in [-0.4, -0.2) is 24.0 Å². The van der Waals surface area contributed by atoms with Gasteiger partial charge in [-0.3, -0.25) is 4.79 Å². The molecule has 0 spiro atoms. The van der Waals surface area contributed by atoms with Gasteiger partial charge in [-0.2, -0.15) is 0 Å². The average molecular weight is 244 g/mol. The fraction of sp³-hybridized carbons (Fsp3) is 0.917. The minimum absolute atomic E-state index is 0.231. The van der Waals surface area contributed by atoms with E-state index in [9.17, 15) is 4.79 Å². The van der Waals surface area contributed by atoms with Crippen molar-refractivity contribution < 1.29 is 4.79 Å². The summed E-state index contributed by atoms with van der Waals surface area (Å²) in [5.74, 6) is -0.231. The van der Waals surface area contributed by atoms with Gasteiger partial charge in [0.05, 0.1) is 6.04 Å². The highest BCUT2D eigenvalue weighted by Gasteiger charge is 2.32. The molecule has 0 saturated heterocycles. The molecule has 0 aromatic carbocycles. The van der Waals surface area contributed by atoms with Gasteiger partial charge in [-0.1, -0.05) is 26.2 Å². The number of rotatable bonds is 10. The quantitative estimate of drug-likeness (QED) is 0.323.